The fourth-order valence-electron chi connectivity index (χ4n) is 1.15. The smallest absolute Gasteiger partial charge is 0.0762 e. The van der Waals surface area contributed by atoms with Gasteiger partial charge in [-0.1, -0.05) is 6.07 Å². The molecule has 0 bridgehead atoms. The lowest BCUT2D eigenvalue weighted by molar-refractivity contribution is 0.199. The highest BCUT2D eigenvalue weighted by Crippen LogP contribution is 2.22. The Morgan fingerprint density at radius 2 is 2.33 bits per heavy atom. The molecular weight excluding hydrogens is 170 g/mol. The average Bonchev–Trinajstić information content (AvgIpc) is 2.49. The lowest BCUT2D eigenvalue weighted by Crippen LogP contribution is -1.88. The quantitative estimate of drug-likeness (QED) is 0.729. The van der Waals surface area contributed by atoms with Crippen LogP contribution in [0, 0.1) is 0 Å². The maximum Gasteiger partial charge on any atom is 0.0762 e. The molecule has 1 N–H and O–H groups in total. The van der Waals surface area contributed by atoms with Crippen molar-refractivity contribution in [1.82, 2.24) is 4.37 Å². The second kappa shape index (κ2) is 2.84. The number of hydrogen-bond donors (Lipinski definition) is 1. The third-order valence-corrected chi connectivity index (χ3v) is 2.64. The van der Waals surface area contributed by atoms with E-state index in [9.17, 15) is 5.11 Å². The summed E-state index contributed by atoms with van der Waals surface area (Å²) in [4.78, 5) is 0. The Balaban J connectivity index is 2.60. The highest BCUT2D eigenvalue weighted by atomic mass is 32.1. The minimum absolute atomic E-state index is 0.394. The van der Waals surface area contributed by atoms with Gasteiger partial charge >= 0.3 is 0 Å². The summed E-state index contributed by atoms with van der Waals surface area (Å²) in [6.45, 7) is 1.76. The fourth-order valence-corrected chi connectivity index (χ4v) is 1.78. The second-order valence-electron chi connectivity index (χ2n) is 2.80. The lowest BCUT2D eigenvalue weighted by atomic mass is 10.1. The van der Waals surface area contributed by atoms with E-state index >= 15 is 0 Å². The molecule has 0 aliphatic heterocycles. The van der Waals surface area contributed by atoms with Crippen LogP contribution in [0.1, 0.15) is 18.6 Å². The molecule has 1 heterocycles. The van der Waals surface area contributed by atoms with Gasteiger partial charge in [-0.25, -0.2) is 0 Å². The summed E-state index contributed by atoms with van der Waals surface area (Å²) >= 11 is 1.48. The van der Waals surface area contributed by atoms with E-state index in [4.69, 9.17) is 0 Å². The summed E-state index contributed by atoms with van der Waals surface area (Å²) in [6, 6.07) is 5.91. The first kappa shape index (κ1) is 7.71. The van der Waals surface area contributed by atoms with Crippen LogP contribution < -0.4 is 0 Å². The molecule has 0 spiro atoms. The zero-order valence-electron chi connectivity index (χ0n) is 6.69. The van der Waals surface area contributed by atoms with Gasteiger partial charge < -0.3 is 5.11 Å². The van der Waals surface area contributed by atoms with Crippen LogP contribution in [0.15, 0.2) is 24.4 Å². The maximum atomic E-state index is 9.30. The number of fused-ring (bicyclic) bond motifs is 1. The van der Waals surface area contributed by atoms with E-state index < -0.39 is 6.10 Å². The molecule has 0 radical (unpaired) electrons. The largest absolute Gasteiger partial charge is 0.389 e. The predicted molar refractivity (Wildman–Crippen MR) is 50.3 cm³/mol. The topological polar surface area (TPSA) is 33.1 Å². The van der Waals surface area contributed by atoms with Gasteiger partial charge in [0.15, 0.2) is 0 Å². The molecule has 2 aromatic rings. The van der Waals surface area contributed by atoms with Crippen molar-refractivity contribution >= 4 is 21.6 Å². The fraction of sp³-hybridized carbons (Fsp3) is 0.222. The van der Waals surface area contributed by atoms with Crippen molar-refractivity contribution in [3.63, 3.8) is 0 Å². The third kappa shape index (κ3) is 1.21. The van der Waals surface area contributed by atoms with Crippen LogP contribution in [-0.4, -0.2) is 9.48 Å². The maximum absolute atomic E-state index is 9.30. The number of aromatic nitrogens is 1. The van der Waals surface area contributed by atoms with E-state index in [2.05, 4.69) is 4.37 Å². The van der Waals surface area contributed by atoms with Crippen LogP contribution in [0.25, 0.3) is 10.1 Å². The van der Waals surface area contributed by atoms with Crippen molar-refractivity contribution in [3.8, 4) is 0 Å². The average molecular weight is 179 g/mol. The van der Waals surface area contributed by atoms with Crippen LogP contribution in [0.2, 0.25) is 0 Å². The Morgan fingerprint density at radius 1 is 1.50 bits per heavy atom. The summed E-state index contributed by atoms with van der Waals surface area (Å²) in [5.41, 5.74) is 0.947. The number of hydrogen-bond acceptors (Lipinski definition) is 3. The van der Waals surface area contributed by atoms with Crippen LogP contribution in [0.3, 0.4) is 0 Å². The van der Waals surface area contributed by atoms with E-state index in [-0.39, 0.29) is 0 Å². The van der Waals surface area contributed by atoms with Crippen LogP contribution in [-0.2, 0) is 0 Å². The molecule has 1 aromatic heterocycles. The highest BCUT2D eigenvalue weighted by Gasteiger charge is 2.02. The zero-order chi connectivity index (χ0) is 8.55. The Kier molecular flexibility index (Phi) is 1.83. The third-order valence-electron chi connectivity index (χ3n) is 1.86. The first-order valence-electron chi connectivity index (χ1n) is 3.80. The summed E-state index contributed by atoms with van der Waals surface area (Å²) in [5, 5.41) is 10.4. The van der Waals surface area contributed by atoms with Gasteiger partial charge in [0.25, 0.3) is 0 Å². The summed E-state index contributed by atoms with van der Waals surface area (Å²) in [7, 11) is 0. The summed E-state index contributed by atoms with van der Waals surface area (Å²) in [5.74, 6) is 0. The van der Waals surface area contributed by atoms with Gasteiger partial charge in [0.1, 0.15) is 0 Å². The highest BCUT2D eigenvalue weighted by molar-refractivity contribution is 7.13. The van der Waals surface area contributed by atoms with Crippen molar-refractivity contribution in [2.45, 2.75) is 13.0 Å². The molecule has 2 rings (SSSR count). The molecule has 0 fully saturated rings. The molecule has 62 valence electrons. The number of benzene rings is 1. The molecule has 2 nitrogen and oxygen atoms in total. The first-order chi connectivity index (χ1) is 5.77. The van der Waals surface area contributed by atoms with E-state index in [1.54, 1.807) is 6.92 Å². The molecule has 1 atom stereocenters. The molecule has 0 aliphatic rings. The number of aliphatic hydroxyl groups excluding tert-OH is 1. The number of rotatable bonds is 1. The van der Waals surface area contributed by atoms with Gasteiger partial charge in [-0.2, -0.15) is 4.37 Å². The van der Waals surface area contributed by atoms with Gasteiger partial charge in [-0.3, -0.25) is 0 Å². The Bertz CT molecular complexity index is 394. The standard InChI is InChI=1S/C9H9NOS/c1-6(11)7-2-3-9-8(4-7)5-10-12-9/h2-6,11H,1H3. The Labute approximate surface area is 74.6 Å². The van der Waals surface area contributed by atoms with E-state index in [1.807, 2.05) is 24.4 Å². The van der Waals surface area contributed by atoms with E-state index in [0.29, 0.717) is 0 Å². The van der Waals surface area contributed by atoms with Crippen molar-refractivity contribution in [2.24, 2.45) is 0 Å². The summed E-state index contributed by atoms with van der Waals surface area (Å²) < 4.78 is 5.23. The van der Waals surface area contributed by atoms with Crippen LogP contribution in [0.5, 0.6) is 0 Å². The molecular formula is C9H9NOS. The van der Waals surface area contributed by atoms with Crippen molar-refractivity contribution < 1.29 is 5.11 Å². The van der Waals surface area contributed by atoms with Gasteiger partial charge in [0.2, 0.25) is 0 Å². The normalized spacial score (nSPS) is 13.5. The number of nitrogens with zero attached hydrogens (tertiary/aromatic N) is 1. The first-order valence-corrected chi connectivity index (χ1v) is 4.57. The lowest BCUT2D eigenvalue weighted by Gasteiger charge is -2.02. The monoisotopic (exact) mass is 179 g/mol. The molecule has 1 unspecified atom stereocenters. The molecule has 3 heteroatoms. The van der Waals surface area contributed by atoms with Crippen LogP contribution in [0.4, 0.5) is 0 Å². The molecule has 1 aromatic carbocycles. The van der Waals surface area contributed by atoms with Crippen molar-refractivity contribution in [2.75, 3.05) is 0 Å². The summed E-state index contributed by atoms with van der Waals surface area (Å²) in [6.07, 6.45) is 1.43. The number of aliphatic hydroxyl groups is 1. The van der Waals surface area contributed by atoms with E-state index in [1.165, 1.54) is 16.2 Å². The minimum atomic E-state index is -0.394. The zero-order valence-corrected chi connectivity index (χ0v) is 7.51. The predicted octanol–water partition coefficient (Wildman–Crippen LogP) is 2.35. The minimum Gasteiger partial charge on any atom is -0.389 e. The molecule has 0 aliphatic carbocycles. The Hall–Kier alpha value is -0.930. The molecule has 0 amide bonds. The SMILES string of the molecule is CC(O)c1ccc2sncc2c1. The van der Waals surface area contributed by atoms with Crippen molar-refractivity contribution in [3.05, 3.63) is 30.0 Å². The van der Waals surface area contributed by atoms with Gasteiger partial charge in [0.05, 0.1) is 10.8 Å². The van der Waals surface area contributed by atoms with Crippen LogP contribution >= 0.6 is 11.5 Å². The second-order valence-corrected chi connectivity index (χ2v) is 3.63. The van der Waals surface area contributed by atoms with Gasteiger partial charge in [-0.15, -0.1) is 0 Å². The molecule has 0 saturated carbocycles. The van der Waals surface area contributed by atoms with Crippen molar-refractivity contribution in [1.29, 1.82) is 0 Å². The Morgan fingerprint density at radius 3 is 3.08 bits per heavy atom. The van der Waals surface area contributed by atoms with Gasteiger partial charge in [0, 0.05) is 11.6 Å². The molecule has 12 heavy (non-hydrogen) atoms. The van der Waals surface area contributed by atoms with Gasteiger partial charge in [-0.05, 0) is 36.2 Å². The molecule has 0 saturated heterocycles. The van der Waals surface area contributed by atoms with E-state index in [0.717, 1.165) is 10.9 Å².